The van der Waals surface area contributed by atoms with Crippen molar-refractivity contribution in [2.24, 2.45) is 5.41 Å². The minimum Gasteiger partial charge on any atom is -0.396 e. The summed E-state index contributed by atoms with van der Waals surface area (Å²) in [5, 5.41) is 17.9. The Kier molecular flexibility index (Phi) is 4.49. The van der Waals surface area contributed by atoms with Crippen LogP contribution >= 0.6 is 0 Å². The Bertz CT molecular complexity index is 320. The monoisotopic (exact) mass is 225 g/mol. The van der Waals surface area contributed by atoms with Gasteiger partial charge in [0.2, 0.25) is 0 Å². The zero-order valence-corrected chi connectivity index (χ0v) is 9.79. The molecule has 0 fully saturated rings. The number of aromatic nitrogens is 2. The SMILES string of the molecule is CC(C)(CCCO)CNC(=O)c1ccn[nH]1. The van der Waals surface area contributed by atoms with Gasteiger partial charge in [0.25, 0.3) is 5.91 Å². The molecule has 0 aliphatic heterocycles. The van der Waals surface area contributed by atoms with Gasteiger partial charge in [-0.15, -0.1) is 0 Å². The number of H-pyrrole nitrogens is 1. The van der Waals surface area contributed by atoms with Gasteiger partial charge in [-0.05, 0) is 24.3 Å². The van der Waals surface area contributed by atoms with E-state index in [0.29, 0.717) is 12.2 Å². The fourth-order valence-corrected chi connectivity index (χ4v) is 1.44. The molecule has 90 valence electrons. The fourth-order valence-electron chi connectivity index (χ4n) is 1.44. The molecule has 0 spiro atoms. The van der Waals surface area contributed by atoms with Crippen LogP contribution in [0.1, 0.15) is 37.2 Å². The van der Waals surface area contributed by atoms with Crippen molar-refractivity contribution in [3.8, 4) is 0 Å². The Morgan fingerprint density at radius 2 is 2.38 bits per heavy atom. The number of carbonyl (C=O) groups excluding carboxylic acids is 1. The van der Waals surface area contributed by atoms with E-state index in [4.69, 9.17) is 5.11 Å². The molecule has 16 heavy (non-hydrogen) atoms. The number of amides is 1. The van der Waals surface area contributed by atoms with Crippen LogP contribution in [0.5, 0.6) is 0 Å². The van der Waals surface area contributed by atoms with E-state index in [1.807, 2.05) is 0 Å². The number of carbonyl (C=O) groups is 1. The first-order valence-corrected chi connectivity index (χ1v) is 5.43. The van der Waals surface area contributed by atoms with Crippen LogP contribution < -0.4 is 5.32 Å². The van der Waals surface area contributed by atoms with Crippen molar-refractivity contribution < 1.29 is 9.90 Å². The highest BCUT2D eigenvalue weighted by molar-refractivity contribution is 5.92. The number of aromatic amines is 1. The van der Waals surface area contributed by atoms with Gasteiger partial charge in [0, 0.05) is 19.3 Å². The highest BCUT2D eigenvalue weighted by Gasteiger charge is 2.18. The van der Waals surface area contributed by atoms with Crippen molar-refractivity contribution in [1.82, 2.24) is 15.5 Å². The van der Waals surface area contributed by atoms with Crippen LogP contribution in [0.25, 0.3) is 0 Å². The second-order valence-electron chi connectivity index (χ2n) is 4.64. The molecule has 0 bridgehead atoms. The van der Waals surface area contributed by atoms with Gasteiger partial charge in [-0.1, -0.05) is 13.8 Å². The molecule has 0 unspecified atom stereocenters. The summed E-state index contributed by atoms with van der Waals surface area (Å²) >= 11 is 0. The van der Waals surface area contributed by atoms with Crippen LogP contribution in [0.4, 0.5) is 0 Å². The van der Waals surface area contributed by atoms with E-state index in [0.717, 1.165) is 12.8 Å². The van der Waals surface area contributed by atoms with Crippen molar-refractivity contribution in [3.05, 3.63) is 18.0 Å². The van der Waals surface area contributed by atoms with Crippen molar-refractivity contribution in [3.63, 3.8) is 0 Å². The van der Waals surface area contributed by atoms with Crippen molar-refractivity contribution in [2.45, 2.75) is 26.7 Å². The molecule has 0 aliphatic rings. The lowest BCUT2D eigenvalue weighted by molar-refractivity contribution is 0.0928. The zero-order valence-electron chi connectivity index (χ0n) is 9.79. The van der Waals surface area contributed by atoms with E-state index < -0.39 is 0 Å². The first-order chi connectivity index (χ1) is 7.55. The molecule has 1 aromatic rings. The van der Waals surface area contributed by atoms with Gasteiger partial charge in [-0.25, -0.2) is 0 Å². The molecular formula is C11H19N3O2. The normalized spacial score (nSPS) is 11.4. The average molecular weight is 225 g/mol. The number of aliphatic hydroxyl groups excluding tert-OH is 1. The number of aliphatic hydroxyl groups is 1. The molecule has 0 saturated heterocycles. The van der Waals surface area contributed by atoms with Crippen molar-refractivity contribution >= 4 is 5.91 Å². The number of rotatable bonds is 6. The predicted octanol–water partition coefficient (Wildman–Crippen LogP) is 0.938. The van der Waals surface area contributed by atoms with E-state index in [9.17, 15) is 4.79 Å². The highest BCUT2D eigenvalue weighted by atomic mass is 16.2. The summed E-state index contributed by atoms with van der Waals surface area (Å²) in [5.41, 5.74) is 0.469. The molecule has 5 heteroatoms. The van der Waals surface area contributed by atoms with Gasteiger partial charge < -0.3 is 10.4 Å². The summed E-state index contributed by atoms with van der Waals surface area (Å²) < 4.78 is 0. The van der Waals surface area contributed by atoms with Gasteiger partial charge in [0.1, 0.15) is 5.69 Å². The van der Waals surface area contributed by atoms with E-state index in [2.05, 4.69) is 29.4 Å². The molecule has 0 aromatic carbocycles. The van der Waals surface area contributed by atoms with Gasteiger partial charge in [-0.3, -0.25) is 9.89 Å². The first-order valence-electron chi connectivity index (χ1n) is 5.43. The van der Waals surface area contributed by atoms with Crippen LogP contribution in [-0.2, 0) is 0 Å². The lowest BCUT2D eigenvalue weighted by Gasteiger charge is -2.24. The molecule has 3 N–H and O–H groups in total. The summed E-state index contributed by atoms with van der Waals surface area (Å²) in [6, 6.07) is 1.63. The molecule has 1 rings (SSSR count). The quantitative estimate of drug-likeness (QED) is 0.674. The first kappa shape index (κ1) is 12.7. The Morgan fingerprint density at radius 1 is 1.62 bits per heavy atom. The van der Waals surface area contributed by atoms with Crippen LogP contribution in [-0.4, -0.2) is 34.4 Å². The zero-order chi connectivity index (χ0) is 12.0. The minimum atomic E-state index is -0.144. The summed E-state index contributed by atoms with van der Waals surface area (Å²) in [4.78, 5) is 11.6. The van der Waals surface area contributed by atoms with E-state index in [-0.39, 0.29) is 17.9 Å². The van der Waals surface area contributed by atoms with Gasteiger partial charge in [0.15, 0.2) is 0 Å². The predicted molar refractivity (Wildman–Crippen MR) is 61.0 cm³/mol. The molecule has 0 saturated carbocycles. The van der Waals surface area contributed by atoms with E-state index in [1.165, 1.54) is 0 Å². The van der Waals surface area contributed by atoms with Crippen LogP contribution in [0.3, 0.4) is 0 Å². The number of nitrogens with zero attached hydrogens (tertiary/aromatic N) is 1. The lowest BCUT2D eigenvalue weighted by Crippen LogP contribution is -2.34. The van der Waals surface area contributed by atoms with E-state index >= 15 is 0 Å². The van der Waals surface area contributed by atoms with Crippen LogP contribution in [0.15, 0.2) is 12.3 Å². The third-order valence-electron chi connectivity index (χ3n) is 2.48. The van der Waals surface area contributed by atoms with Crippen LogP contribution in [0, 0.1) is 5.41 Å². The van der Waals surface area contributed by atoms with Gasteiger partial charge in [0.05, 0.1) is 0 Å². The fraction of sp³-hybridized carbons (Fsp3) is 0.636. The maximum atomic E-state index is 11.6. The maximum absolute atomic E-state index is 11.6. The summed E-state index contributed by atoms with van der Waals surface area (Å²) in [6.45, 7) is 4.91. The number of hydrogen-bond donors (Lipinski definition) is 3. The molecular weight excluding hydrogens is 206 g/mol. The molecule has 1 aromatic heterocycles. The Morgan fingerprint density at radius 3 is 2.94 bits per heavy atom. The average Bonchev–Trinajstić information content (AvgIpc) is 2.77. The van der Waals surface area contributed by atoms with Gasteiger partial charge >= 0.3 is 0 Å². The molecule has 1 amide bonds. The Balaban J connectivity index is 2.36. The molecule has 0 aliphatic carbocycles. The lowest BCUT2D eigenvalue weighted by atomic mass is 9.88. The molecule has 0 radical (unpaired) electrons. The van der Waals surface area contributed by atoms with Crippen molar-refractivity contribution in [2.75, 3.05) is 13.2 Å². The maximum Gasteiger partial charge on any atom is 0.269 e. The smallest absolute Gasteiger partial charge is 0.269 e. The second-order valence-corrected chi connectivity index (χ2v) is 4.64. The summed E-state index contributed by atoms with van der Waals surface area (Å²) in [5.74, 6) is -0.144. The molecule has 1 heterocycles. The largest absolute Gasteiger partial charge is 0.396 e. The topological polar surface area (TPSA) is 78.0 Å². The van der Waals surface area contributed by atoms with Crippen LogP contribution in [0.2, 0.25) is 0 Å². The summed E-state index contributed by atoms with van der Waals surface area (Å²) in [6.07, 6.45) is 3.19. The Labute approximate surface area is 95.3 Å². The number of hydrogen-bond acceptors (Lipinski definition) is 3. The minimum absolute atomic E-state index is 0.00158. The third kappa shape index (κ3) is 4.02. The van der Waals surface area contributed by atoms with Gasteiger partial charge in [-0.2, -0.15) is 5.10 Å². The standard InChI is InChI=1S/C11H19N3O2/c1-11(2,5-3-7-15)8-12-10(16)9-4-6-13-14-9/h4,6,15H,3,5,7-8H2,1-2H3,(H,12,16)(H,13,14). The second kappa shape index (κ2) is 5.65. The third-order valence-corrected chi connectivity index (χ3v) is 2.48. The Hall–Kier alpha value is -1.36. The van der Waals surface area contributed by atoms with E-state index in [1.54, 1.807) is 12.3 Å². The molecule has 5 nitrogen and oxygen atoms in total. The highest BCUT2D eigenvalue weighted by Crippen LogP contribution is 2.20. The summed E-state index contributed by atoms with van der Waals surface area (Å²) in [7, 11) is 0. The van der Waals surface area contributed by atoms with Crippen molar-refractivity contribution in [1.29, 1.82) is 0 Å². The number of nitrogens with one attached hydrogen (secondary N) is 2. The molecule has 0 atom stereocenters.